The van der Waals surface area contributed by atoms with Gasteiger partial charge in [0.2, 0.25) is 0 Å². The smallest absolute Gasteiger partial charge is 0.160 e. The van der Waals surface area contributed by atoms with E-state index in [1.807, 2.05) is 6.92 Å². The van der Waals surface area contributed by atoms with E-state index in [0.29, 0.717) is 5.92 Å². The van der Waals surface area contributed by atoms with E-state index < -0.39 is 0 Å². The van der Waals surface area contributed by atoms with Crippen molar-refractivity contribution in [2.75, 3.05) is 0 Å². The predicted molar refractivity (Wildman–Crippen MR) is 42.2 cm³/mol. The van der Waals surface area contributed by atoms with Gasteiger partial charge in [0.25, 0.3) is 0 Å². The van der Waals surface area contributed by atoms with Gasteiger partial charge in [0.1, 0.15) is 5.69 Å². The Balaban J connectivity index is 2.44. The summed E-state index contributed by atoms with van der Waals surface area (Å²) in [5.74, 6) is 1.64. The van der Waals surface area contributed by atoms with Gasteiger partial charge >= 0.3 is 0 Å². The van der Waals surface area contributed by atoms with Crippen molar-refractivity contribution in [3.63, 3.8) is 0 Å². The average molecular weight is 154 g/mol. The van der Waals surface area contributed by atoms with Gasteiger partial charge in [0.15, 0.2) is 5.76 Å². The molecule has 1 aromatic rings. The lowest BCUT2D eigenvalue weighted by molar-refractivity contribution is 0.354. The van der Waals surface area contributed by atoms with Crippen LogP contribution in [-0.2, 0) is 6.42 Å². The van der Waals surface area contributed by atoms with Crippen molar-refractivity contribution in [1.29, 1.82) is 0 Å². The zero-order valence-corrected chi connectivity index (χ0v) is 7.29. The molecule has 11 heavy (non-hydrogen) atoms. The van der Waals surface area contributed by atoms with Gasteiger partial charge in [0.05, 0.1) is 0 Å². The summed E-state index contributed by atoms with van der Waals surface area (Å²) in [7, 11) is 0. The van der Waals surface area contributed by atoms with Gasteiger partial charge in [-0.3, -0.25) is 0 Å². The van der Waals surface area contributed by atoms with E-state index in [2.05, 4.69) is 24.2 Å². The first kappa shape index (κ1) is 8.24. The fourth-order valence-corrected chi connectivity index (χ4v) is 0.899. The molecular formula is C8H14N2O. The van der Waals surface area contributed by atoms with E-state index in [0.717, 1.165) is 24.3 Å². The van der Waals surface area contributed by atoms with Crippen molar-refractivity contribution in [2.45, 2.75) is 33.6 Å². The molecule has 0 unspecified atom stereocenters. The van der Waals surface area contributed by atoms with Crippen LogP contribution < -0.4 is 0 Å². The molecule has 0 aromatic carbocycles. The molecule has 0 radical (unpaired) electrons. The molecule has 0 saturated heterocycles. The summed E-state index contributed by atoms with van der Waals surface area (Å²) in [6.45, 7) is 6.31. The number of hydrogen-bond donors (Lipinski definition) is 0. The Morgan fingerprint density at radius 2 is 2.18 bits per heavy atom. The van der Waals surface area contributed by atoms with Crippen molar-refractivity contribution < 1.29 is 4.52 Å². The van der Waals surface area contributed by atoms with Crippen molar-refractivity contribution >= 4 is 0 Å². The summed E-state index contributed by atoms with van der Waals surface area (Å²) in [4.78, 5) is 0. The van der Waals surface area contributed by atoms with Crippen LogP contribution in [0, 0.1) is 12.8 Å². The second-order valence-corrected chi connectivity index (χ2v) is 3.21. The molecule has 0 saturated carbocycles. The molecule has 0 atom stereocenters. The van der Waals surface area contributed by atoms with Crippen molar-refractivity contribution in [3.05, 3.63) is 11.5 Å². The second kappa shape index (κ2) is 3.51. The van der Waals surface area contributed by atoms with Crippen molar-refractivity contribution in [3.8, 4) is 0 Å². The summed E-state index contributed by atoms with van der Waals surface area (Å²) in [6, 6.07) is 0. The lowest BCUT2D eigenvalue weighted by Gasteiger charge is -1.99. The molecule has 0 bridgehead atoms. The van der Waals surface area contributed by atoms with Crippen LogP contribution in [-0.4, -0.2) is 10.4 Å². The van der Waals surface area contributed by atoms with E-state index in [1.165, 1.54) is 0 Å². The Hall–Kier alpha value is -0.860. The normalized spacial score (nSPS) is 10.9. The molecule has 1 aromatic heterocycles. The molecule has 3 heteroatoms. The van der Waals surface area contributed by atoms with Crippen LogP contribution in [0.4, 0.5) is 0 Å². The van der Waals surface area contributed by atoms with Crippen molar-refractivity contribution in [1.82, 2.24) is 10.4 Å². The molecule has 0 spiro atoms. The maximum Gasteiger partial charge on any atom is 0.160 e. The van der Waals surface area contributed by atoms with Crippen LogP contribution in [0.1, 0.15) is 31.7 Å². The zero-order valence-electron chi connectivity index (χ0n) is 7.29. The third-order valence-electron chi connectivity index (χ3n) is 1.69. The number of aryl methyl sites for hydroxylation is 2. The average Bonchev–Trinajstić information content (AvgIpc) is 2.31. The number of rotatable bonds is 3. The minimum absolute atomic E-state index is 0.708. The fraction of sp³-hybridized carbons (Fsp3) is 0.750. The number of hydrogen-bond acceptors (Lipinski definition) is 3. The van der Waals surface area contributed by atoms with E-state index in [-0.39, 0.29) is 0 Å². The first-order valence-electron chi connectivity index (χ1n) is 3.98. The summed E-state index contributed by atoms with van der Waals surface area (Å²) < 4.78 is 4.95. The van der Waals surface area contributed by atoms with E-state index in [4.69, 9.17) is 4.52 Å². The molecule has 0 amide bonds. The Kier molecular flexibility index (Phi) is 2.63. The molecule has 0 aliphatic heterocycles. The summed E-state index contributed by atoms with van der Waals surface area (Å²) in [6.07, 6.45) is 2.09. The first-order valence-corrected chi connectivity index (χ1v) is 3.98. The molecule has 0 aliphatic carbocycles. The third-order valence-corrected chi connectivity index (χ3v) is 1.69. The minimum Gasteiger partial charge on any atom is -0.342 e. The standard InChI is InChI=1S/C8H14N2O/c1-6(2)4-5-8-7(3)9-10-11-8/h6H,4-5H2,1-3H3. The highest BCUT2D eigenvalue weighted by Gasteiger charge is 2.05. The van der Waals surface area contributed by atoms with Gasteiger partial charge in [-0.1, -0.05) is 13.8 Å². The van der Waals surface area contributed by atoms with Gasteiger partial charge in [-0.05, 0) is 19.3 Å². The second-order valence-electron chi connectivity index (χ2n) is 3.21. The van der Waals surface area contributed by atoms with Gasteiger partial charge in [-0.25, -0.2) is 0 Å². The topological polar surface area (TPSA) is 38.9 Å². The van der Waals surface area contributed by atoms with Crippen LogP contribution in [0.3, 0.4) is 0 Å². The molecule has 0 N–H and O–H groups in total. The van der Waals surface area contributed by atoms with Crippen LogP contribution in [0.25, 0.3) is 0 Å². The maximum absolute atomic E-state index is 4.95. The van der Waals surface area contributed by atoms with Crippen LogP contribution in [0.2, 0.25) is 0 Å². The molecule has 1 heterocycles. The highest BCUT2D eigenvalue weighted by molar-refractivity contribution is 5.01. The van der Waals surface area contributed by atoms with E-state index in [1.54, 1.807) is 0 Å². The van der Waals surface area contributed by atoms with Crippen LogP contribution in [0.5, 0.6) is 0 Å². The van der Waals surface area contributed by atoms with Gasteiger partial charge in [0, 0.05) is 11.7 Å². The monoisotopic (exact) mass is 154 g/mol. The molecular weight excluding hydrogens is 140 g/mol. The maximum atomic E-state index is 4.95. The molecule has 62 valence electrons. The third kappa shape index (κ3) is 2.33. The first-order chi connectivity index (χ1) is 5.20. The summed E-state index contributed by atoms with van der Waals surface area (Å²) >= 11 is 0. The molecule has 0 aliphatic rings. The van der Waals surface area contributed by atoms with Gasteiger partial charge < -0.3 is 4.52 Å². The fourth-order valence-electron chi connectivity index (χ4n) is 0.899. The molecule has 0 fully saturated rings. The Morgan fingerprint density at radius 3 is 2.64 bits per heavy atom. The minimum atomic E-state index is 0.708. The lowest BCUT2D eigenvalue weighted by Crippen LogP contribution is -1.92. The Labute approximate surface area is 66.8 Å². The quantitative estimate of drug-likeness (QED) is 0.668. The Morgan fingerprint density at radius 1 is 1.45 bits per heavy atom. The largest absolute Gasteiger partial charge is 0.342 e. The molecule has 1 rings (SSSR count). The lowest BCUT2D eigenvalue weighted by atomic mass is 10.1. The SMILES string of the molecule is Cc1nnoc1CCC(C)C. The number of aromatic nitrogens is 2. The Bertz CT molecular complexity index is 218. The van der Waals surface area contributed by atoms with Crippen LogP contribution >= 0.6 is 0 Å². The van der Waals surface area contributed by atoms with Crippen molar-refractivity contribution in [2.24, 2.45) is 5.92 Å². The van der Waals surface area contributed by atoms with E-state index >= 15 is 0 Å². The summed E-state index contributed by atoms with van der Waals surface area (Å²) in [5.41, 5.74) is 0.922. The highest BCUT2D eigenvalue weighted by Crippen LogP contribution is 2.10. The molecule has 3 nitrogen and oxygen atoms in total. The van der Waals surface area contributed by atoms with Gasteiger partial charge in [-0.2, -0.15) is 0 Å². The zero-order chi connectivity index (χ0) is 8.27. The number of nitrogens with zero attached hydrogens (tertiary/aromatic N) is 2. The van der Waals surface area contributed by atoms with E-state index in [9.17, 15) is 0 Å². The van der Waals surface area contributed by atoms with Gasteiger partial charge in [-0.15, -0.1) is 5.10 Å². The van der Waals surface area contributed by atoms with Crippen LogP contribution in [0.15, 0.2) is 4.52 Å². The predicted octanol–water partition coefficient (Wildman–Crippen LogP) is 1.97. The highest BCUT2D eigenvalue weighted by atomic mass is 16.5. The summed E-state index contributed by atoms with van der Waals surface area (Å²) in [5, 5.41) is 7.25.